The van der Waals surface area contributed by atoms with Crippen LogP contribution in [0.2, 0.25) is 5.28 Å². The van der Waals surface area contributed by atoms with Crippen LogP contribution >= 0.6 is 43.5 Å². The molecule has 1 N–H and O–H groups in total. The van der Waals surface area contributed by atoms with E-state index in [-0.39, 0.29) is 5.28 Å². The number of aromatic nitrogens is 3. The Balaban J connectivity index is 2.31. The Kier molecular flexibility index (Phi) is 5.78. The Morgan fingerprint density at radius 1 is 1.14 bits per heavy atom. The first kappa shape index (κ1) is 16.5. The molecule has 0 fully saturated rings. The van der Waals surface area contributed by atoms with E-state index in [1.54, 1.807) is 0 Å². The van der Waals surface area contributed by atoms with Crippen molar-refractivity contribution in [2.24, 2.45) is 0 Å². The zero-order valence-corrected chi connectivity index (χ0v) is 15.5. The largest absolute Gasteiger partial charge is 0.341 e. The van der Waals surface area contributed by atoms with E-state index in [2.05, 4.69) is 52.1 Å². The summed E-state index contributed by atoms with van der Waals surface area (Å²) in [7, 11) is 0. The Morgan fingerprint density at radius 2 is 1.86 bits per heavy atom. The maximum atomic E-state index is 5.99. The fourth-order valence-corrected chi connectivity index (χ4v) is 3.06. The molecular weight excluding hydrogens is 421 g/mol. The monoisotopic (exact) mass is 433 g/mol. The molecule has 1 aromatic carbocycles. The lowest BCUT2D eigenvalue weighted by Gasteiger charge is -2.19. The summed E-state index contributed by atoms with van der Waals surface area (Å²) in [5.74, 6) is 0.982. The van der Waals surface area contributed by atoms with E-state index in [9.17, 15) is 0 Å². The Morgan fingerprint density at radius 3 is 2.48 bits per heavy atom. The predicted octanol–water partition coefficient (Wildman–Crippen LogP) is 4.64. The van der Waals surface area contributed by atoms with Gasteiger partial charge in [0.1, 0.15) is 0 Å². The van der Waals surface area contributed by atoms with Crippen LogP contribution in [-0.2, 0) is 0 Å². The second kappa shape index (κ2) is 7.38. The van der Waals surface area contributed by atoms with Crippen LogP contribution in [-0.4, -0.2) is 28.0 Å². The molecule has 0 unspecified atom stereocenters. The van der Waals surface area contributed by atoms with Crippen molar-refractivity contribution >= 4 is 61.0 Å². The minimum atomic E-state index is 0.169. The molecule has 2 rings (SSSR count). The Bertz CT molecular complexity index is 634. The van der Waals surface area contributed by atoms with Gasteiger partial charge in [0.15, 0.2) is 0 Å². The Labute approximate surface area is 145 Å². The molecule has 8 heteroatoms. The number of anilines is 3. The van der Waals surface area contributed by atoms with Crippen LogP contribution in [0, 0.1) is 0 Å². The lowest BCUT2D eigenvalue weighted by molar-refractivity contribution is 0.814. The minimum Gasteiger partial charge on any atom is -0.341 e. The molecule has 21 heavy (non-hydrogen) atoms. The second-order valence-electron chi connectivity index (χ2n) is 4.15. The van der Waals surface area contributed by atoms with Crippen LogP contribution < -0.4 is 10.2 Å². The van der Waals surface area contributed by atoms with Crippen molar-refractivity contribution in [2.45, 2.75) is 13.8 Å². The van der Waals surface area contributed by atoms with Gasteiger partial charge in [-0.05, 0) is 59.6 Å². The van der Waals surface area contributed by atoms with Crippen LogP contribution in [0.3, 0.4) is 0 Å². The molecule has 112 valence electrons. The summed E-state index contributed by atoms with van der Waals surface area (Å²) in [5, 5.41) is 3.31. The molecule has 0 radical (unpaired) electrons. The van der Waals surface area contributed by atoms with Crippen molar-refractivity contribution in [3.05, 3.63) is 32.4 Å². The summed E-state index contributed by atoms with van der Waals surface area (Å²) in [6, 6.07) is 5.79. The molecule has 0 aliphatic carbocycles. The zero-order valence-electron chi connectivity index (χ0n) is 11.6. The molecule has 0 bridgehead atoms. The average molecular weight is 436 g/mol. The molecule has 1 aromatic heterocycles. The number of nitrogens with one attached hydrogen (secondary N) is 1. The number of halogens is 3. The number of rotatable bonds is 5. The highest BCUT2D eigenvalue weighted by molar-refractivity contribution is 9.11. The maximum Gasteiger partial charge on any atom is 0.233 e. The van der Waals surface area contributed by atoms with Gasteiger partial charge in [0.2, 0.25) is 17.2 Å². The minimum absolute atomic E-state index is 0.169. The lowest BCUT2D eigenvalue weighted by atomic mass is 10.3. The summed E-state index contributed by atoms with van der Waals surface area (Å²) in [6.45, 7) is 5.69. The number of hydrogen-bond acceptors (Lipinski definition) is 5. The van der Waals surface area contributed by atoms with E-state index >= 15 is 0 Å². The Hall–Kier alpha value is -0.920. The molecule has 0 atom stereocenters. The molecule has 2 aromatic rings. The highest BCUT2D eigenvalue weighted by Gasteiger charge is 2.11. The van der Waals surface area contributed by atoms with Gasteiger partial charge in [-0.3, -0.25) is 0 Å². The fraction of sp³-hybridized carbons (Fsp3) is 0.308. The zero-order chi connectivity index (χ0) is 15.4. The highest BCUT2D eigenvalue weighted by atomic mass is 79.9. The third kappa shape index (κ3) is 4.28. The summed E-state index contributed by atoms with van der Waals surface area (Å²) < 4.78 is 1.88. The summed E-state index contributed by atoms with van der Waals surface area (Å²) >= 11 is 12.9. The number of nitrogens with zero attached hydrogens (tertiary/aromatic N) is 4. The van der Waals surface area contributed by atoms with Gasteiger partial charge in [0, 0.05) is 22.0 Å². The first-order valence-electron chi connectivity index (χ1n) is 6.42. The van der Waals surface area contributed by atoms with E-state index in [0.29, 0.717) is 11.9 Å². The molecule has 0 spiro atoms. The van der Waals surface area contributed by atoms with Crippen molar-refractivity contribution in [3.8, 4) is 0 Å². The predicted molar refractivity (Wildman–Crippen MR) is 93.5 cm³/mol. The van der Waals surface area contributed by atoms with Gasteiger partial charge in [-0.25, -0.2) is 0 Å². The van der Waals surface area contributed by atoms with Crippen molar-refractivity contribution in [1.82, 2.24) is 15.0 Å². The van der Waals surface area contributed by atoms with Crippen LogP contribution in [0.15, 0.2) is 27.1 Å². The van der Waals surface area contributed by atoms with Crippen LogP contribution in [0.25, 0.3) is 0 Å². The molecule has 0 aliphatic heterocycles. The fourth-order valence-electron chi connectivity index (χ4n) is 1.75. The highest BCUT2D eigenvalue weighted by Crippen LogP contribution is 2.28. The van der Waals surface area contributed by atoms with Crippen molar-refractivity contribution in [1.29, 1.82) is 0 Å². The van der Waals surface area contributed by atoms with E-state index in [1.807, 2.05) is 36.9 Å². The normalized spacial score (nSPS) is 10.5. The van der Waals surface area contributed by atoms with Crippen LogP contribution in [0.5, 0.6) is 0 Å². The topological polar surface area (TPSA) is 53.9 Å². The van der Waals surface area contributed by atoms with Crippen LogP contribution in [0.4, 0.5) is 17.6 Å². The van der Waals surface area contributed by atoms with E-state index < -0.39 is 0 Å². The summed E-state index contributed by atoms with van der Waals surface area (Å²) in [5.41, 5.74) is 0.853. The second-order valence-corrected chi connectivity index (χ2v) is 6.26. The van der Waals surface area contributed by atoms with E-state index in [4.69, 9.17) is 11.6 Å². The van der Waals surface area contributed by atoms with E-state index in [1.165, 1.54) is 0 Å². The third-order valence-electron chi connectivity index (χ3n) is 2.82. The third-order valence-corrected chi connectivity index (χ3v) is 4.14. The van der Waals surface area contributed by atoms with Gasteiger partial charge in [0.25, 0.3) is 0 Å². The van der Waals surface area contributed by atoms with Crippen LogP contribution in [0.1, 0.15) is 13.8 Å². The first-order valence-corrected chi connectivity index (χ1v) is 8.38. The molecule has 0 saturated heterocycles. The molecular formula is C13H14Br2ClN5. The SMILES string of the molecule is CCN(CC)c1nc(Cl)nc(Nc2ccc(Br)cc2Br)n1. The first-order chi connectivity index (χ1) is 10.0. The van der Waals surface area contributed by atoms with Gasteiger partial charge >= 0.3 is 0 Å². The smallest absolute Gasteiger partial charge is 0.233 e. The molecule has 0 saturated carbocycles. The summed E-state index contributed by atoms with van der Waals surface area (Å²) in [6.07, 6.45) is 0. The lowest BCUT2D eigenvalue weighted by Crippen LogP contribution is -2.24. The quantitative estimate of drug-likeness (QED) is 0.742. The molecule has 0 aliphatic rings. The maximum absolute atomic E-state index is 5.99. The summed E-state index contributed by atoms with van der Waals surface area (Å²) in [4.78, 5) is 14.7. The van der Waals surface area contributed by atoms with E-state index in [0.717, 1.165) is 27.7 Å². The molecule has 5 nitrogen and oxygen atoms in total. The van der Waals surface area contributed by atoms with Gasteiger partial charge in [-0.1, -0.05) is 15.9 Å². The van der Waals surface area contributed by atoms with Crippen molar-refractivity contribution < 1.29 is 0 Å². The molecule has 1 heterocycles. The van der Waals surface area contributed by atoms with Gasteiger partial charge in [-0.15, -0.1) is 0 Å². The van der Waals surface area contributed by atoms with Gasteiger partial charge in [0.05, 0.1) is 5.69 Å². The standard InChI is InChI=1S/C13H14Br2ClN5/c1-3-21(4-2)13-19-11(16)18-12(20-13)17-10-6-5-8(14)7-9(10)15/h5-7H,3-4H2,1-2H3,(H,17,18,19,20). The average Bonchev–Trinajstić information content (AvgIpc) is 2.43. The van der Waals surface area contributed by atoms with Gasteiger partial charge < -0.3 is 10.2 Å². The van der Waals surface area contributed by atoms with Gasteiger partial charge in [-0.2, -0.15) is 15.0 Å². The number of benzene rings is 1. The number of hydrogen-bond donors (Lipinski definition) is 1. The van der Waals surface area contributed by atoms with Crippen molar-refractivity contribution in [2.75, 3.05) is 23.3 Å². The molecule has 0 amide bonds. The van der Waals surface area contributed by atoms with Crippen molar-refractivity contribution in [3.63, 3.8) is 0 Å².